The molecule has 3 N–H and O–H groups in total. The highest BCUT2D eigenvalue weighted by Gasteiger charge is 2.85. The van der Waals surface area contributed by atoms with Crippen LogP contribution in [-0.4, -0.2) is 44.0 Å². The van der Waals surface area contributed by atoms with Crippen molar-refractivity contribution in [3.63, 3.8) is 0 Å². The molecule has 1 aromatic carbocycles. The topological polar surface area (TPSA) is 120 Å². The first-order valence-electron chi connectivity index (χ1n) is 9.27. The average molecular weight is 397 g/mol. The van der Waals surface area contributed by atoms with Gasteiger partial charge in [0.25, 0.3) is 17.5 Å². The zero-order valence-electron chi connectivity index (χ0n) is 15.7. The first-order valence-corrected chi connectivity index (χ1v) is 9.27. The maximum absolute atomic E-state index is 13.1. The number of fused-ring (bicyclic) bond motifs is 2. The number of amides is 1. The van der Waals surface area contributed by atoms with E-state index in [1.165, 1.54) is 30.7 Å². The molecule has 8 nitrogen and oxygen atoms in total. The number of aliphatic hydroxyl groups is 3. The van der Waals surface area contributed by atoms with Crippen molar-refractivity contribution in [3.8, 4) is 0 Å². The van der Waals surface area contributed by atoms with Gasteiger partial charge in [0.1, 0.15) is 12.0 Å². The van der Waals surface area contributed by atoms with E-state index in [-0.39, 0.29) is 34.9 Å². The Morgan fingerprint density at radius 2 is 1.76 bits per heavy atom. The number of nitrogens with zero attached hydrogens (tertiary/aromatic N) is 1. The molecule has 1 aromatic heterocycles. The van der Waals surface area contributed by atoms with Gasteiger partial charge in [0.15, 0.2) is 0 Å². The Bertz CT molecular complexity index is 1080. The quantitative estimate of drug-likeness (QED) is 0.518. The third kappa shape index (κ3) is 1.80. The van der Waals surface area contributed by atoms with Crippen molar-refractivity contribution < 1.29 is 34.1 Å². The number of hydrogen-bond acceptors (Lipinski definition) is 7. The number of ether oxygens (including phenoxy) is 1. The molecule has 2 atom stereocenters. The molecule has 8 heteroatoms. The fourth-order valence-electron chi connectivity index (χ4n) is 4.88. The number of carbonyl (C=O) groups excluding carboxylic acids is 2. The number of Topliss-reactive ketones (excluding diaryl/α,β-unsaturated/α-hetero) is 1. The molecule has 5 rings (SSSR count). The Morgan fingerprint density at radius 3 is 2.38 bits per heavy atom. The lowest BCUT2D eigenvalue weighted by molar-refractivity contribution is -0.312. The molecule has 0 unspecified atom stereocenters. The number of ketones is 1. The maximum Gasteiger partial charge on any atom is 0.296 e. The van der Waals surface area contributed by atoms with E-state index in [1.807, 2.05) is 13.8 Å². The van der Waals surface area contributed by atoms with Crippen molar-refractivity contribution in [1.29, 1.82) is 0 Å². The standard InChI is InChI=1S/C21H19NO7/c1-11(2)9-22-18(24)16(23)15-17(12-7-8-28-10-12)29-21(27)14-6-4-3-5-13(14)20(25,26)19(15,21)22/h3-8,10-11,25-27H,9H2,1-2H3/t19-,21+/m0/s1. The molecule has 2 aliphatic heterocycles. The molecule has 29 heavy (non-hydrogen) atoms. The van der Waals surface area contributed by atoms with Crippen LogP contribution in [0.3, 0.4) is 0 Å². The second-order valence-corrected chi connectivity index (χ2v) is 8.03. The Hall–Kier alpha value is -2.94. The number of rotatable bonds is 3. The average Bonchev–Trinajstić information content (AvgIpc) is 3.37. The second-order valence-electron chi connectivity index (χ2n) is 8.03. The highest BCUT2D eigenvalue weighted by Crippen LogP contribution is 2.67. The van der Waals surface area contributed by atoms with E-state index in [4.69, 9.17) is 9.15 Å². The molecule has 0 radical (unpaired) electrons. The number of benzene rings is 1. The van der Waals surface area contributed by atoms with Gasteiger partial charge < -0.3 is 29.4 Å². The molecule has 3 aliphatic rings. The van der Waals surface area contributed by atoms with Crippen molar-refractivity contribution in [2.45, 2.75) is 31.0 Å². The Morgan fingerprint density at radius 1 is 1.07 bits per heavy atom. The third-order valence-corrected chi connectivity index (χ3v) is 5.90. The highest BCUT2D eigenvalue weighted by molar-refractivity contribution is 6.48. The molecule has 1 fully saturated rings. The maximum atomic E-state index is 13.1. The minimum atomic E-state index is -2.77. The van der Waals surface area contributed by atoms with Crippen LogP contribution in [0.25, 0.3) is 5.76 Å². The lowest BCUT2D eigenvalue weighted by Crippen LogP contribution is -2.66. The van der Waals surface area contributed by atoms with Crippen molar-refractivity contribution in [1.82, 2.24) is 4.90 Å². The van der Waals surface area contributed by atoms with E-state index in [2.05, 4.69) is 0 Å². The van der Waals surface area contributed by atoms with Crippen LogP contribution in [0, 0.1) is 5.92 Å². The molecule has 150 valence electrons. The summed E-state index contributed by atoms with van der Waals surface area (Å²) in [6.45, 7) is 3.65. The zero-order chi connectivity index (χ0) is 20.8. The predicted octanol–water partition coefficient (Wildman–Crippen LogP) is 0.823. The van der Waals surface area contributed by atoms with Crippen LogP contribution in [0.5, 0.6) is 0 Å². The summed E-state index contributed by atoms with van der Waals surface area (Å²) in [5.74, 6) is -7.23. The van der Waals surface area contributed by atoms with Gasteiger partial charge in [-0.05, 0) is 12.0 Å². The summed E-state index contributed by atoms with van der Waals surface area (Å²) < 4.78 is 11.0. The summed E-state index contributed by atoms with van der Waals surface area (Å²) in [4.78, 5) is 27.2. The van der Waals surface area contributed by atoms with E-state index in [9.17, 15) is 24.9 Å². The first kappa shape index (κ1) is 18.1. The van der Waals surface area contributed by atoms with E-state index < -0.39 is 28.8 Å². The lowest BCUT2D eigenvalue weighted by atomic mass is 9.78. The first-order chi connectivity index (χ1) is 13.7. The minimum Gasteiger partial charge on any atom is -0.472 e. The summed E-state index contributed by atoms with van der Waals surface area (Å²) in [7, 11) is 0. The molecule has 1 aliphatic carbocycles. The van der Waals surface area contributed by atoms with Crippen LogP contribution in [0.1, 0.15) is 30.5 Å². The molecule has 3 heterocycles. The van der Waals surface area contributed by atoms with E-state index >= 15 is 0 Å². The SMILES string of the molecule is CC(C)CN1C(=O)C(=O)C2=C(c3ccoc3)O[C@]3(O)c4ccccc4C(O)(O)[C@]213. The van der Waals surface area contributed by atoms with Gasteiger partial charge in [-0.15, -0.1) is 0 Å². The number of hydrogen-bond donors (Lipinski definition) is 3. The molecule has 0 saturated carbocycles. The number of furan rings is 1. The fourth-order valence-corrected chi connectivity index (χ4v) is 4.88. The van der Waals surface area contributed by atoms with Gasteiger partial charge in [-0.3, -0.25) is 9.59 Å². The lowest BCUT2D eigenvalue weighted by Gasteiger charge is -2.45. The Kier molecular flexibility index (Phi) is 3.34. The molecule has 2 aromatic rings. The zero-order valence-corrected chi connectivity index (χ0v) is 15.7. The van der Waals surface area contributed by atoms with Gasteiger partial charge in [0, 0.05) is 17.7 Å². The summed E-state index contributed by atoms with van der Waals surface area (Å²) in [5.41, 5.74) is -2.16. The van der Waals surface area contributed by atoms with Crippen LogP contribution in [0.2, 0.25) is 0 Å². The highest BCUT2D eigenvalue weighted by atomic mass is 16.6. The van der Waals surface area contributed by atoms with Gasteiger partial charge in [0.2, 0.25) is 11.3 Å². The van der Waals surface area contributed by atoms with Gasteiger partial charge >= 0.3 is 0 Å². The summed E-state index contributed by atoms with van der Waals surface area (Å²) in [5, 5.41) is 34.6. The van der Waals surface area contributed by atoms with E-state index in [0.29, 0.717) is 5.56 Å². The molecular formula is C21H19NO7. The molecule has 1 spiro atoms. The predicted molar refractivity (Wildman–Crippen MR) is 97.5 cm³/mol. The molecule has 0 bridgehead atoms. The summed E-state index contributed by atoms with van der Waals surface area (Å²) in [6.07, 6.45) is 2.65. The van der Waals surface area contributed by atoms with Gasteiger partial charge in [-0.25, -0.2) is 0 Å². The van der Waals surface area contributed by atoms with Crippen molar-refractivity contribution in [3.05, 3.63) is 65.1 Å². The van der Waals surface area contributed by atoms with Crippen LogP contribution < -0.4 is 0 Å². The molecule has 1 saturated heterocycles. The van der Waals surface area contributed by atoms with Gasteiger partial charge in [-0.2, -0.15) is 0 Å². The summed E-state index contributed by atoms with van der Waals surface area (Å²) in [6, 6.07) is 7.61. The monoisotopic (exact) mass is 397 g/mol. The van der Waals surface area contributed by atoms with E-state index in [0.717, 1.165) is 4.90 Å². The van der Waals surface area contributed by atoms with Crippen molar-refractivity contribution in [2.24, 2.45) is 5.92 Å². The molecular weight excluding hydrogens is 378 g/mol. The largest absolute Gasteiger partial charge is 0.472 e. The van der Waals surface area contributed by atoms with Crippen LogP contribution in [-0.2, 0) is 25.9 Å². The van der Waals surface area contributed by atoms with Gasteiger partial charge in [0.05, 0.1) is 17.4 Å². The smallest absolute Gasteiger partial charge is 0.296 e. The second kappa shape index (κ2) is 5.35. The fraction of sp³-hybridized carbons (Fsp3) is 0.333. The van der Waals surface area contributed by atoms with Crippen LogP contribution >= 0.6 is 0 Å². The Balaban J connectivity index is 1.90. The minimum absolute atomic E-state index is 0.00920. The van der Waals surface area contributed by atoms with Crippen molar-refractivity contribution >= 4 is 17.4 Å². The number of carbonyl (C=O) groups is 2. The summed E-state index contributed by atoms with van der Waals surface area (Å²) >= 11 is 0. The van der Waals surface area contributed by atoms with Crippen LogP contribution in [0.4, 0.5) is 0 Å². The normalized spacial score (nSPS) is 29.4. The van der Waals surface area contributed by atoms with Gasteiger partial charge in [-0.1, -0.05) is 38.1 Å². The van der Waals surface area contributed by atoms with Crippen LogP contribution in [0.15, 0.2) is 52.8 Å². The van der Waals surface area contributed by atoms with Crippen molar-refractivity contribution in [2.75, 3.05) is 6.54 Å². The van der Waals surface area contributed by atoms with E-state index in [1.54, 1.807) is 12.1 Å². The third-order valence-electron chi connectivity index (χ3n) is 5.90. The Labute approximate surface area is 165 Å². The molecule has 1 amide bonds. The number of likely N-dealkylation sites (tertiary alicyclic amines) is 1.